The second-order valence-corrected chi connectivity index (χ2v) is 6.35. The number of piperidine rings is 1. The second kappa shape index (κ2) is 7.68. The first-order valence-electron chi connectivity index (χ1n) is 8.77. The minimum atomic E-state index is -0.320. The van der Waals surface area contributed by atoms with Crippen molar-refractivity contribution in [1.29, 1.82) is 0 Å². The van der Waals surface area contributed by atoms with Crippen molar-refractivity contribution in [2.24, 2.45) is 5.92 Å². The van der Waals surface area contributed by atoms with Gasteiger partial charge in [0.25, 0.3) is 5.91 Å². The molecule has 0 aliphatic carbocycles. The van der Waals surface area contributed by atoms with E-state index in [0.29, 0.717) is 49.5 Å². The summed E-state index contributed by atoms with van der Waals surface area (Å²) in [6.45, 7) is 5.01. The molecular formula is C19H22FN3O3. The predicted octanol–water partition coefficient (Wildman–Crippen LogP) is 2.74. The van der Waals surface area contributed by atoms with Gasteiger partial charge in [0, 0.05) is 13.1 Å². The van der Waals surface area contributed by atoms with Crippen molar-refractivity contribution in [3.63, 3.8) is 0 Å². The van der Waals surface area contributed by atoms with Crippen LogP contribution in [-0.2, 0) is 9.53 Å². The van der Waals surface area contributed by atoms with Crippen LogP contribution in [0.5, 0.6) is 0 Å². The van der Waals surface area contributed by atoms with Crippen LogP contribution in [0.15, 0.2) is 30.5 Å². The fourth-order valence-corrected chi connectivity index (χ4v) is 3.21. The third-order valence-corrected chi connectivity index (χ3v) is 4.71. The van der Waals surface area contributed by atoms with Gasteiger partial charge in [0.1, 0.15) is 5.82 Å². The van der Waals surface area contributed by atoms with Crippen LogP contribution < -0.4 is 0 Å². The molecule has 2 aromatic rings. The van der Waals surface area contributed by atoms with Crippen molar-refractivity contribution >= 4 is 11.9 Å². The van der Waals surface area contributed by atoms with E-state index in [0.717, 1.165) is 0 Å². The molecule has 0 atom stereocenters. The molecule has 6 nitrogen and oxygen atoms in total. The van der Waals surface area contributed by atoms with E-state index < -0.39 is 0 Å². The Labute approximate surface area is 151 Å². The number of rotatable bonds is 4. The highest BCUT2D eigenvalue weighted by atomic mass is 19.1. The highest BCUT2D eigenvalue weighted by Crippen LogP contribution is 2.22. The molecular weight excluding hydrogens is 337 g/mol. The molecule has 1 aliphatic heterocycles. The fourth-order valence-electron chi connectivity index (χ4n) is 3.21. The van der Waals surface area contributed by atoms with Gasteiger partial charge in [-0.2, -0.15) is 5.10 Å². The number of aromatic nitrogens is 2. The van der Waals surface area contributed by atoms with Gasteiger partial charge in [-0.15, -0.1) is 0 Å². The zero-order valence-corrected chi connectivity index (χ0v) is 14.9. The van der Waals surface area contributed by atoms with Crippen LogP contribution in [0, 0.1) is 18.7 Å². The summed E-state index contributed by atoms with van der Waals surface area (Å²) >= 11 is 0. The van der Waals surface area contributed by atoms with Crippen LogP contribution in [-0.4, -0.2) is 46.3 Å². The summed E-state index contributed by atoms with van der Waals surface area (Å²) in [6, 6.07) is 5.96. The Morgan fingerprint density at radius 3 is 2.50 bits per heavy atom. The highest BCUT2D eigenvalue weighted by Gasteiger charge is 2.30. The van der Waals surface area contributed by atoms with Crippen LogP contribution in [0.3, 0.4) is 0 Å². The Kier molecular flexibility index (Phi) is 5.35. The van der Waals surface area contributed by atoms with E-state index in [1.807, 2.05) is 6.92 Å². The molecule has 0 saturated carbocycles. The van der Waals surface area contributed by atoms with Crippen LogP contribution in [0.25, 0.3) is 5.69 Å². The van der Waals surface area contributed by atoms with Gasteiger partial charge in [-0.05, 0) is 51.0 Å². The van der Waals surface area contributed by atoms with Gasteiger partial charge in [0.05, 0.1) is 35.7 Å². The number of hydrogen-bond donors (Lipinski definition) is 0. The Hall–Kier alpha value is -2.70. The molecule has 0 N–H and O–H groups in total. The zero-order chi connectivity index (χ0) is 18.7. The van der Waals surface area contributed by atoms with Crippen LogP contribution in [0.2, 0.25) is 0 Å². The quantitative estimate of drug-likeness (QED) is 0.788. The lowest BCUT2D eigenvalue weighted by atomic mass is 9.96. The molecule has 1 aromatic heterocycles. The summed E-state index contributed by atoms with van der Waals surface area (Å²) in [5.41, 5.74) is 1.92. The average molecular weight is 359 g/mol. The van der Waals surface area contributed by atoms with Crippen molar-refractivity contribution in [2.75, 3.05) is 19.7 Å². The van der Waals surface area contributed by atoms with Crippen LogP contribution in [0.4, 0.5) is 4.39 Å². The first kappa shape index (κ1) is 18.1. The first-order chi connectivity index (χ1) is 12.5. The Morgan fingerprint density at radius 2 is 1.88 bits per heavy atom. The van der Waals surface area contributed by atoms with Crippen LogP contribution in [0.1, 0.15) is 35.8 Å². The lowest BCUT2D eigenvalue weighted by molar-refractivity contribution is -0.149. The van der Waals surface area contributed by atoms with Gasteiger partial charge < -0.3 is 9.64 Å². The Bertz CT molecular complexity index is 793. The zero-order valence-electron chi connectivity index (χ0n) is 14.9. The normalized spacial score (nSPS) is 15.1. The summed E-state index contributed by atoms with van der Waals surface area (Å²) in [5.74, 6) is -0.737. The maximum Gasteiger partial charge on any atom is 0.309 e. The largest absolute Gasteiger partial charge is 0.466 e. The van der Waals surface area contributed by atoms with Gasteiger partial charge in [-0.1, -0.05) is 0 Å². The summed E-state index contributed by atoms with van der Waals surface area (Å²) < 4.78 is 19.8. The average Bonchev–Trinajstić information content (AvgIpc) is 3.03. The van der Waals surface area contributed by atoms with Crippen molar-refractivity contribution in [2.45, 2.75) is 26.7 Å². The molecule has 138 valence electrons. The fraction of sp³-hybridized carbons (Fsp3) is 0.421. The summed E-state index contributed by atoms with van der Waals surface area (Å²) in [7, 11) is 0. The molecule has 0 spiro atoms. The smallest absolute Gasteiger partial charge is 0.309 e. The minimum Gasteiger partial charge on any atom is -0.466 e. The number of amides is 1. The third-order valence-electron chi connectivity index (χ3n) is 4.71. The molecule has 0 radical (unpaired) electrons. The number of benzene rings is 1. The molecule has 2 heterocycles. The molecule has 3 rings (SSSR count). The molecule has 0 bridgehead atoms. The number of halogens is 1. The van der Waals surface area contributed by atoms with Crippen molar-refractivity contribution < 1.29 is 18.7 Å². The lowest BCUT2D eigenvalue weighted by Gasteiger charge is -2.30. The Balaban J connectivity index is 1.70. The van der Waals surface area contributed by atoms with E-state index in [1.54, 1.807) is 34.8 Å². The number of esters is 1. The monoisotopic (exact) mass is 359 g/mol. The number of ether oxygens (including phenoxy) is 1. The molecule has 1 aromatic carbocycles. The van der Waals surface area contributed by atoms with E-state index in [2.05, 4.69) is 5.10 Å². The molecule has 1 fully saturated rings. The Morgan fingerprint density at radius 1 is 1.23 bits per heavy atom. The maximum absolute atomic E-state index is 13.1. The standard InChI is InChI=1S/C19H22FN3O3/c1-3-26-19(25)14-8-10-22(11-9-14)18(24)17-12-21-23(13(17)2)16-6-4-15(20)5-7-16/h4-7,12,14H,3,8-11H2,1-2H3. The lowest BCUT2D eigenvalue weighted by Crippen LogP contribution is -2.40. The van der Waals surface area contributed by atoms with Gasteiger partial charge in [0.2, 0.25) is 0 Å². The number of carbonyl (C=O) groups is 2. The second-order valence-electron chi connectivity index (χ2n) is 6.35. The van der Waals surface area contributed by atoms with Crippen molar-refractivity contribution in [3.05, 3.63) is 47.5 Å². The molecule has 7 heteroatoms. The highest BCUT2D eigenvalue weighted by molar-refractivity contribution is 5.95. The summed E-state index contributed by atoms with van der Waals surface area (Å²) in [4.78, 5) is 26.4. The molecule has 1 amide bonds. The number of likely N-dealkylation sites (tertiary alicyclic amines) is 1. The third kappa shape index (κ3) is 3.61. The first-order valence-corrected chi connectivity index (χ1v) is 8.77. The van der Waals surface area contributed by atoms with Crippen LogP contribution >= 0.6 is 0 Å². The van der Waals surface area contributed by atoms with E-state index in [-0.39, 0.29) is 23.6 Å². The van der Waals surface area contributed by atoms with E-state index in [4.69, 9.17) is 4.74 Å². The van der Waals surface area contributed by atoms with Crippen molar-refractivity contribution in [3.8, 4) is 5.69 Å². The SMILES string of the molecule is CCOC(=O)C1CCN(C(=O)c2cnn(-c3ccc(F)cc3)c2C)CC1. The molecule has 26 heavy (non-hydrogen) atoms. The molecule has 1 aliphatic rings. The molecule has 1 saturated heterocycles. The minimum absolute atomic E-state index is 0.0989. The van der Waals surface area contributed by atoms with E-state index in [9.17, 15) is 14.0 Å². The van der Waals surface area contributed by atoms with Gasteiger partial charge in [-0.3, -0.25) is 9.59 Å². The summed E-state index contributed by atoms with van der Waals surface area (Å²) in [5, 5.41) is 4.27. The van der Waals surface area contributed by atoms with E-state index >= 15 is 0 Å². The van der Waals surface area contributed by atoms with Crippen molar-refractivity contribution in [1.82, 2.24) is 14.7 Å². The topological polar surface area (TPSA) is 64.4 Å². The number of nitrogens with zero attached hydrogens (tertiary/aromatic N) is 3. The summed E-state index contributed by atoms with van der Waals surface area (Å²) in [6.07, 6.45) is 2.75. The maximum atomic E-state index is 13.1. The number of carbonyl (C=O) groups excluding carboxylic acids is 2. The number of hydrogen-bond acceptors (Lipinski definition) is 4. The van der Waals surface area contributed by atoms with Gasteiger partial charge >= 0.3 is 5.97 Å². The van der Waals surface area contributed by atoms with Gasteiger partial charge in [0.15, 0.2) is 0 Å². The predicted molar refractivity (Wildman–Crippen MR) is 93.5 cm³/mol. The van der Waals surface area contributed by atoms with Gasteiger partial charge in [-0.25, -0.2) is 9.07 Å². The molecule has 0 unspecified atom stereocenters. The van der Waals surface area contributed by atoms with E-state index in [1.165, 1.54) is 12.1 Å².